The van der Waals surface area contributed by atoms with Gasteiger partial charge in [-0.2, -0.15) is 0 Å². The molecule has 29 heavy (non-hydrogen) atoms. The van der Waals surface area contributed by atoms with Crippen molar-refractivity contribution >= 4 is 5.78 Å². The van der Waals surface area contributed by atoms with Crippen molar-refractivity contribution in [3.63, 3.8) is 0 Å². The predicted molar refractivity (Wildman–Crippen MR) is 113 cm³/mol. The molecule has 1 aliphatic carbocycles. The second-order valence-corrected chi connectivity index (χ2v) is 8.62. The largest absolute Gasteiger partial charge is 0.492 e. The highest BCUT2D eigenvalue weighted by atomic mass is 16.7. The Labute approximate surface area is 173 Å². The summed E-state index contributed by atoms with van der Waals surface area (Å²) in [5.41, 5.74) is 3.71. The van der Waals surface area contributed by atoms with E-state index in [1.807, 2.05) is 0 Å². The van der Waals surface area contributed by atoms with Gasteiger partial charge in [0, 0.05) is 24.6 Å². The van der Waals surface area contributed by atoms with Crippen LogP contribution >= 0.6 is 0 Å². The molecule has 5 heteroatoms. The number of hydrogen-bond acceptors (Lipinski definition) is 5. The third-order valence-corrected chi connectivity index (χ3v) is 6.58. The van der Waals surface area contributed by atoms with E-state index in [0.717, 1.165) is 37.1 Å². The Morgan fingerprint density at radius 1 is 1.38 bits per heavy atom. The molecule has 2 heterocycles. The lowest BCUT2D eigenvalue weighted by atomic mass is 9.81. The molecule has 2 aliphatic heterocycles. The van der Waals surface area contributed by atoms with Gasteiger partial charge in [0.05, 0.1) is 7.11 Å². The van der Waals surface area contributed by atoms with Crippen LogP contribution in [0.1, 0.15) is 50.3 Å². The van der Waals surface area contributed by atoms with Crippen molar-refractivity contribution in [1.29, 1.82) is 0 Å². The molecular weight excluding hydrogens is 366 g/mol. The van der Waals surface area contributed by atoms with Crippen molar-refractivity contribution in [2.45, 2.75) is 45.6 Å². The number of carbonyl (C=O) groups excluding carboxylic acids is 1. The van der Waals surface area contributed by atoms with E-state index in [4.69, 9.17) is 14.2 Å². The summed E-state index contributed by atoms with van der Waals surface area (Å²) >= 11 is 0. The summed E-state index contributed by atoms with van der Waals surface area (Å²) in [6.07, 6.45) is 9.72. The van der Waals surface area contributed by atoms with Crippen molar-refractivity contribution in [3.8, 4) is 17.2 Å². The van der Waals surface area contributed by atoms with Crippen LogP contribution in [0.2, 0.25) is 0 Å². The van der Waals surface area contributed by atoms with Gasteiger partial charge in [0.1, 0.15) is 0 Å². The fourth-order valence-electron chi connectivity index (χ4n) is 4.85. The first-order valence-corrected chi connectivity index (χ1v) is 10.5. The van der Waals surface area contributed by atoms with Crippen LogP contribution in [0, 0.1) is 11.8 Å². The molecule has 0 aromatic heterocycles. The molecule has 5 nitrogen and oxygen atoms in total. The van der Waals surface area contributed by atoms with Crippen LogP contribution in [0.15, 0.2) is 29.9 Å². The minimum absolute atomic E-state index is 0.0220. The summed E-state index contributed by atoms with van der Waals surface area (Å²) in [6, 6.07) is 2.03. The average molecular weight is 398 g/mol. The van der Waals surface area contributed by atoms with Crippen molar-refractivity contribution in [2.75, 3.05) is 27.5 Å². The molecule has 0 N–H and O–H groups in total. The Bertz CT molecular complexity index is 857. The maximum Gasteiger partial charge on any atom is 0.231 e. The molecule has 0 spiro atoms. The monoisotopic (exact) mass is 397 g/mol. The lowest BCUT2D eigenvalue weighted by molar-refractivity contribution is -0.115. The highest BCUT2D eigenvalue weighted by Crippen LogP contribution is 2.50. The molecule has 1 aromatic carbocycles. The third kappa shape index (κ3) is 3.93. The van der Waals surface area contributed by atoms with Crippen LogP contribution in [0.25, 0.3) is 0 Å². The fourth-order valence-corrected chi connectivity index (χ4v) is 4.85. The van der Waals surface area contributed by atoms with E-state index < -0.39 is 0 Å². The molecule has 0 amide bonds. The normalized spacial score (nSPS) is 26.3. The minimum Gasteiger partial charge on any atom is -0.492 e. The standard InChI is InChI=1S/C24H31NO4/c1-15-5-6-17(16(2)11-15)7-8-19(26)13-20-22-18(9-10-25(20)3)12-21-23(24(22)27-4)29-14-28-21/h5,7-8,12,16-17,20H,6,9-11,13-14H2,1-4H3. The molecule has 4 rings (SSSR count). The van der Waals surface area contributed by atoms with E-state index in [1.165, 1.54) is 11.1 Å². The summed E-state index contributed by atoms with van der Waals surface area (Å²) in [5, 5.41) is 0. The second-order valence-electron chi connectivity index (χ2n) is 8.62. The van der Waals surface area contributed by atoms with Gasteiger partial charge >= 0.3 is 0 Å². The molecule has 3 atom stereocenters. The van der Waals surface area contributed by atoms with Crippen LogP contribution in [-0.2, 0) is 11.2 Å². The number of allylic oxidation sites excluding steroid dienone is 4. The van der Waals surface area contributed by atoms with Crippen LogP contribution in [0.4, 0.5) is 0 Å². The Morgan fingerprint density at radius 3 is 2.97 bits per heavy atom. The van der Waals surface area contributed by atoms with E-state index in [-0.39, 0.29) is 18.6 Å². The number of hydrogen-bond donors (Lipinski definition) is 0. The van der Waals surface area contributed by atoms with Gasteiger partial charge in [0.2, 0.25) is 12.5 Å². The fraction of sp³-hybridized carbons (Fsp3) is 0.542. The van der Waals surface area contributed by atoms with E-state index >= 15 is 0 Å². The molecule has 1 aromatic rings. The highest BCUT2D eigenvalue weighted by Gasteiger charge is 2.34. The summed E-state index contributed by atoms with van der Waals surface area (Å²) < 4.78 is 17.0. The number of ether oxygens (including phenoxy) is 3. The molecule has 0 bridgehead atoms. The van der Waals surface area contributed by atoms with Gasteiger partial charge in [-0.25, -0.2) is 0 Å². The number of carbonyl (C=O) groups is 1. The molecule has 0 fully saturated rings. The van der Waals surface area contributed by atoms with Gasteiger partial charge in [-0.05, 0) is 62.8 Å². The first-order chi connectivity index (χ1) is 14.0. The Morgan fingerprint density at radius 2 is 2.21 bits per heavy atom. The van der Waals surface area contributed by atoms with Crippen LogP contribution in [0.5, 0.6) is 17.2 Å². The maximum absolute atomic E-state index is 12.9. The molecule has 156 valence electrons. The number of ketones is 1. The van der Waals surface area contributed by atoms with Crippen molar-refractivity contribution in [3.05, 3.63) is 41.0 Å². The summed E-state index contributed by atoms with van der Waals surface area (Å²) in [5.74, 6) is 3.31. The maximum atomic E-state index is 12.9. The molecule has 0 saturated carbocycles. The van der Waals surface area contributed by atoms with Gasteiger partial charge in [-0.1, -0.05) is 24.6 Å². The van der Waals surface area contributed by atoms with Gasteiger partial charge in [0.25, 0.3) is 0 Å². The van der Waals surface area contributed by atoms with Gasteiger partial charge in [0.15, 0.2) is 17.3 Å². The van der Waals surface area contributed by atoms with Gasteiger partial charge < -0.3 is 14.2 Å². The van der Waals surface area contributed by atoms with Crippen molar-refractivity contribution in [2.24, 2.45) is 11.8 Å². The number of likely N-dealkylation sites (N-methyl/N-ethyl adjacent to an activating group) is 1. The van der Waals surface area contributed by atoms with Crippen molar-refractivity contribution in [1.82, 2.24) is 4.90 Å². The first-order valence-electron chi connectivity index (χ1n) is 10.5. The lowest BCUT2D eigenvalue weighted by Gasteiger charge is -2.35. The lowest BCUT2D eigenvalue weighted by Crippen LogP contribution is -2.33. The minimum atomic E-state index is -0.0220. The van der Waals surface area contributed by atoms with E-state index in [2.05, 4.69) is 44.0 Å². The number of fused-ring (bicyclic) bond motifs is 2. The van der Waals surface area contributed by atoms with Crippen LogP contribution in [-0.4, -0.2) is 38.2 Å². The SMILES string of the molecule is COc1c2c(cc3c1C(CC(=O)C=CC1CC=C(C)CC1C)N(C)CC3)OCO2. The topological polar surface area (TPSA) is 48.0 Å². The quantitative estimate of drug-likeness (QED) is 0.542. The molecule has 3 unspecified atom stereocenters. The highest BCUT2D eigenvalue weighted by molar-refractivity contribution is 5.90. The third-order valence-electron chi connectivity index (χ3n) is 6.58. The predicted octanol–water partition coefficient (Wildman–Crippen LogP) is 4.46. The van der Waals surface area contributed by atoms with Gasteiger partial charge in [-0.3, -0.25) is 9.69 Å². The van der Waals surface area contributed by atoms with E-state index in [0.29, 0.717) is 29.8 Å². The zero-order chi connectivity index (χ0) is 20.5. The average Bonchev–Trinajstić information content (AvgIpc) is 3.16. The molecule has 3 aliphatic rings. The Kier molecular flexibility index (Phi) is 5.68. The molecule has 0 radical (unpaired) electrons. The zero-order valence-corrected chi connectivity index (χ0v) is 17.9. The Hall–Kier alpha value is -2.27. The molecule has 0 saturated heterocycles. The zero-order valence-electron chi connectivity index (χ0n) is 17.9. The number of rotatable bonds is 5. The summed E-state index contributed by atoms with van der Waals surface area (Å²) in [6.45, 7) is 5.58. The first kappa shape index (κ1) is 20.0. The van der Waals surface area contributed by atoms with Crippen LogP contribution in [0.3, 0.4) is 0 Å². The number of nitrogens with zero attached hydrogens (tertiary/aromatic N) is 1. The number of benzene rings is 1. The summed E-state index contributed by atoms with van der Waals surface area (Å²) in [7, 11) is 3.73. The van der Waals surface area contributed by atoms with E-state index in [1.54, 1.807) is 13.2 Å². The number of methoxy groups -OCH3 is 1. The smallest absolute Gasteiger partial charge is 0.231 e. The summed E-state index contributed by atoms with van der Waals surface area (Å²) in [4.78, 5) is 15.1. The molecular formula is C24H31NO4. The van der Waals surface area contributed by atoms with E-state index in [9.17, 15) is 4.79 Å². The second kappa shape index (κ2) is 8.23. The Balaban J connectivity index is 1.55. The van der Waals surface area contributed by atoms with Crippen molar-refractivity contribution < 1.29 is 19.0 Å². The van der Waals surface area contributed by atoms with Crippen LogP contribution < -0.4 is 14.2 Å². The van der Waals surface area contributed by atoms with Gasteiger partial charge in [-0.15, -0.1) is 0 Å².